The van der Waals surface area contributed by atoms with E-state index in [1.165, 1.54) is 31.4 Å². The predicted octanol–water partition coefficient (Wildman–Crippen LogP) is 4.05. The molecule has 0 fully saturated rings. The fourth-order valence-electron chi connectivity index (χ4n) is 1.81. The topological polar surface area (TPSA) is 26.3 Å². The van der Waals surface area contributed by atoms with Crippen molar-refractivity contribution in [2.24, 2.45) is 0 Å². The minimum Gasteiger partial charge on any atom is -0.494 e. The summed E-state index contributed by atoms with van der Waals surface area (Å²) in [5.74, 6) is -1.58. The molecule has 0 unspecified atom stereocenters. The van der Waals surface area contributed by atoms with Crippen molar-refractivity contribution in [3.8, 4) is 5.75 Å². The van der Waals surface area contributed by atoms with Crippen LogP contribution >= 0.6 is 11.6 Å². The van der Waals surface area contributed by atoms with E-state index >= 15 is 0 Å². The second kappa shape index (κ2) is 6.01. The second-order valence-electron chi connectivity index (χ2n) is 4.19. The highest BCUT2D eigenvalue weighted by Gasteiger charge is 2.14. The number of ether oxygens (including phenoxy) is 1. The van der Waals surface area contributed by atoms with Crippen LogP contribution in [0.4, 0.5) is 8.78 Å². The normalized spacial score (nSPS) is 10.4. The second-order valence-corrected chi connectivity index (χ2v) is 4.63. The number of carbonyl (C=O) groups excluding carboxylic acids is 1. The zero-order valence-electron chi connectivity index (χ0n) is 10.6. The van der Waals surface area contributed by atoms with Crippen molar-refractivity contribution < 1.29 is 18.3 Å². The molecule has 20 heavy (non-hydrogen) atoms. The number of benzene rings is 2. The molecule has 2 rings (SSSR count). The summed E-state index contributed by atoms with van der Waals surface area (Å²) < 4.78 is 31.8. The Kier molecular flexibility index (Phi) is 4.35. The summed E-state index contributed by atoms with van der Waals surface area (Å²) >= 11 is 5.73. The molecule has 0 radical (unpaired) electrons. The number of rotatable bonds is 4. The summed E-state index contributed by atoms with van der Waals surface area (Å²) in [7, 11) is 1.35. The van der Waals surface area contributed by atoms with Gasteiger partial charge in [-0.05, 0) is 35.9 Å². The van der Waals surface area contributed by atoms with Gasteiger partial charge in [0.05, 0.1) is 12.7 Å². The smallest absolute Gasteiger partial charge is 0.170 e. The van der Waals surface area contributed by atoms with Crippen molar-refractivity contribution in [3.05, 3.63) is 64.2 Å². The first-order chi connectivity index (χ1) is 9.51. The monoisotopic (exact) mass is 296 g/mol. The summed E-state index contributed by atoms with van der Waals surface area (Å²) in [6.45, 7) is 0. The van der Waals surface area contributed by atoms with E-state index in [-0.39, 0.29) is 22.8 Å². The van der Waals surface area contributed by atoms with Crippen LogP contribution in [0.5, 0.6) is 5.75 Å². The van der Waals surface area contributed by atoms with Crippen LogP contribution in [0.1, 0.15) is 15.9 Å². The van der Waals surface area contributed by atoms with Crippen molar-refractivity contribution in [3.63, 3.8) is 0 Å². The standard InChI is InChI=1S/C15H11ClF2O2/c1-20-15-5-2-9(6-13(15)18)7-14(19)11-8-10(16)3-4-12(11)17/h2-6,8H,7H2,1H3. The Bertz CT molecular complexity index is 656. The van der Waals surface area contributed by atoms with Gasteiger partial charge in [0.2, 0.25) is 0 Å². The highest BCUT2D eigenvalue weighted by atomic mass is 35.5. The Morgan fingerprint density at radius 3 is 2.55 bits per heavy atom. The number of hydrogen-bond acceptors (Lipinski definition) is 2. The maximum atomic E-state index is 13.5. The molecule has 104 valence electrons. The summed E-state index contributed by atoms with van der Waals surface area (Å²) in [5, 5.41) is 0.274. The van der Waals surface area contributed by atoms with Crippen LogP contribution < -0.4 is 4.74 Å². The first kappa shape index (κ1) is 14.5. The van der Waals surface area contributed by atoms with E-state index in [9.17, 15) is 13.6 Å². The lowest BCUT2D eigenvalue weighted by Crippen LogP contribution is -2.06. The van der Waals surface area contributed by atoms with Crippen LogP contribution in [0.25, 0.3) is 0 Å². The summed E-state index contributed by atoms with van der Waals surface area (Å²) in [4.78, 5) is 12.0. The van der Waals surface area contributed by atoms with Crippen LogP contribution in [0, 0.1) is 11.6 Å². The molecule has 0 amide bonds. The van der Waals surface area contributed by atoms with Gasteiger partial charge < -0.3 is 4.74 Å². The molecule has 0 atom stereocenters. The molecule has 0 bridgehead atoms. The van der Waals surface area contributed by atoms with E-state index in [0.717, 1.165) is 6.07 Å². The van der Waals surface area contributed by atoms with Crippen molar-refractivity contribution in [2.45, 2.75) is 6.42 Å². The predicted molar refractivity (Wildman–Crippen MR) is 72.4 cm³/mol. The van der Waals surface area contributed by atoms with Crippen LogP contribution in [0.15, 0.2) is 36.4 Å². The largest absolute Gasteiger partial charge is 0.494 e. The molecule has 0 heterocycles. The van der Waals surface area contributed by atoms with Crippen molar-refractivity contribution >= 4 is 17.4 Å². The quantitative estimate of drug-likeness (QED) is 0.796. The van der Waals surface area contributed by atoms with E-state index in [2.05, 4.69) is 0 Å². The van der Waals surface area contributed by atoms with Crippen LogP contribution in [-0.2, 0) is 6.42 Å². The Balaban J connectivity index is 2.23. The average molecular weight is 297 g/mol. The van der Waals surface area contributed by atoms with Gasteiger partial charge in [0, 0.05) is 11.4 Å². The minimum atomic E-state index is -0.645. The van der Waals surface area contributed by atoms with Gasteiger partial charge in [-0.3, -0.25) is 4.79 Å². The number of carbonyl (C=O) groups is 1. The number of halogens is 3. The molecular formula is C15H11ClF2O2. The fraction of sp³-hybridized carbons (Fsp3) is 0.133. The van der Waals surface area contributed by atoms with Gasteiger partial charge in [-0.15, -0.1) is 0 Å². The maximum absolute atomic E-state index is 13.5. The van der Waals surface area contributed by atoms with E-state index in [1.54, 1.807) is 6.07 Å². The first-order valence-corrected chi connectivity index (χ1v) is 6.19. The molecule has 0 aliphatic carbocycles. The maximum Gasteiger partial charge on any atom is 0.170 e. The number of ketones is 1. The number of Topliss-reactive ketones (excluding diaryl/α,β-unsaturated/α-hetero) is 1. The Morgan fingerprint density at radius 2 is 1.90 bits per heavy atom. The van der Waals surface area contributed by atoms with Crippen molar-refractivity contribution in [1.82, 2.24) is 0 Å². The summed E-state index contributed by atoms with van der Waals surface area (Å²) in [6.07, 6.45) is -0.113. The minimum absolute atomic E-state index is 0.0927. The number of methoxy groups -OCH3 is 1. The van der Waals surface area contributed by atoms with E-state index in [4.69, 9.17) is 16.3 Å². The molecule has 0 aliphatic rings. The van der Waals surface area contributed by atoms with Crippen LogP contribution in [0.3, 0.4) is 0 Å². The van der Waals surface area contributed by atoms with Crippen LogP contribution in [-0.4, -0.2) is 12.9 Å². The zero-order chi connectivity index (χ0) is 14.7. The summed E-state index contributed by atoms with van der Waals surface area (Å²) in [6, 6.07) is 7.93. The van der Waals surface area contributed by atoms with Crippen molar-refractivity contribution in [2.75, 3.05) is 7.11 Å². The molecule has 0 aliphatic heterocycles. The molecule has 0 aromatic heterocycles. The molecule has 0 spiro atoms. The lowest BCUT2D eigenvalue weighted by molar-refractivity contribution is 0.0989. The third-order valence-electron chi connectivity index (χ3n) is 2.81. The number of hydrogen-bond donors (Lipinski definition) is 0. The first-order valence-electron chi connectivity index (χ1n) is 5.82. The van der Waals surface area contributed by atoms with Gasteiger partial charge in [0.1, 0.15) is 5.82 Å². The van der Waals surface area contributed by atoms with Gasteiger partial charge in [0.15, 0.2) is 17.3 Å². The average Bonchev–Trinajstić information content (AvgIpc) is 2.41. The molecule has 0 saturated carbocycles. The molecule has 5 heteroatoms. The van der Waals surface area contributed by atoms with Gasteiger partial charge in [0.25, 0.3) is 0 Å². The molecule has 2 aromatic carbocycles. The third-order valence-corrected chi connectivity index (χ3v) is 3.04. The van der Waals surface area contributed by atoms with Gasteiger partial charge >= 0.3 is 0 Å². The van der Waals surface area contributed by atoms with E-state index < -0.39 is 17.4 Å². The van der Waals surface area contributed by atoms with Crippen LogP contribution in [0.2, 0.25) is 5.02 Å². The lowest BCUT2D eigenvalue weighted by Gasteiger charge is -2.06. The van der Waals surface area contributed by atoms with Crippen molar-refractivity contribution in [1.29, 1.82) is 0 Å². The Hall–Kier alpha value is -1.94. The third kappa shape index (κ3) is 3.14. The highest BCUT2D eigenvalue weighted by Crippen LogP contribution is 2.20. The molecule has 2 aromatic rings. The van der Waals surface area contributed by atoms with E-state index in [1.807, 2.05) is 0 Å². The molecule has 0 N–H and O–H groups in total. The molecule has 0 saturated heterocycles. The fourth-order valence-corrected chi connectivity index (χ4v) is 1.98. The summed E-state index contributed by atoms with van der Waals surface area (Å²) in [5.41, 5.74) is 0.335. The Morgan fingerprint density at radius 1 is 1.15 bits per heavy atom. The van der Waals surface area contributed by atoms with Gasteiger partial charge in [-0.25, -0.2) is 8.78 Å². The lowest BCUT2D eigenvalue weighted by atomic mass is 10.0. The zero-order valence-corrected chi connectivity index (χ0v) is 11.4. The Labute approximate surface area is 119 Å². The molecular weight excluding hydrogens is 286 g/mol. The molecule has 2 nitrogen and oxygen atoms in total. The SMILES string of the molecule is COc1ccc(CC(=O)c2cc(Cl)ccc2F)cc1F. The van der Waals surface area contributed by atoms with E-state index in [0.29, 0.717) is 5.56 Å². The highest BCUT2D eigenvalue weighted by molar-refractivity contribution is 6.31. The van der Waals surface area contributed by atoms with Gasteiger partial charge in [-0.1, -0.05) is 17.7 Å². The van der Waals surface area contributed by atoms with Gasteiger partial charge in [-0.2, -0.15) is 0 Å².